The smallest absolute Gasteiger partial charge is 0.242 e. The molecule has 2 amide bonds. The summed E-state index contributed by atoms with van der Waals surface area (Å²) in [6.07, 6.45) is 1.60. The molecule has 2 aromatic rings. The van der Waals surface area contributed by atoms with E-state index in [1.807, 2.05) is 44.2 Å². The Bertz CT molecular complexity index is 1060. The van der Waals surface area contributed by atoms with Gasteiger partial charge in [0.15, 0.2) is 0 Å². The Morgan fingerprint density at radius 3 is 2.29 bits per heavy atom. The van der Waals surface area contributed by atoms with Gasteiger partial charge in [-0.25, -0.2) is 8.42 Å². The van der Waals surface area contributed by atoms with Gasteiger partial charge in [-0.3, -0.25) is 13.9 Å². The highest BCUT2D eigenvalue weighted by Crippen LogP contribution is 2.19. The fourth-order valence-electron chi connectivity index (χ4n) is 3.47. The van der Waals surface area contributed by atoms with E-state index in [2.05, 4.69) is 21.2 Å². The van der Waals surface area contributed by atoms with E-state index in [1.165, 1.54) is 4.31 Å². The van der Waals surface area contributed by atoms with Crippen LogP contribution in [0.1, 0.15) is 39.2 Å². The number of carbonyl (C=O) groups is 2. The maximum absolute atomic E-state index is 13.3. The third-order valence-corrected chi connectivity index (χ3v) is 6.98. The van der Waals surface area contributed by atoms with Gasteiger partial charge in [-0.1, -0.05) is 60.1 Å². The number of para-hydroxylation sites is 1. The van der Waals surface area contributed by atoms with Crippen LogP contribution in [0, 0.1) is 5.92 Å². The summed E-state index contributed by atoms with van der Waals surface area (Å²) in [7, 11) is -3.50. The van der Waals surface area contributed by atoms with E-state index in [0.717, 1.165) is 16.3 Å². The molecule has 0 aromatic heterocycles. The normalized spacial score (nSPS) is 12.3. The van der Waals surface area contributed by atoms with Gasteiger partial charge in [0.05, 0.1) is 11.9 Å². The van der Waals surface area contributed by atoms with Crippen LogP contribution in [0.3, 0.4) is 0 Å². The van der Waals surface area contributed by atoms with Crippen molar-refractivity contribution >= 4 is 43.5 Å². The Balaban J connectivity index is 2.14. The third-order valence-electron chi connectivity index (χ3n) is 5.29. The van der Waals surface area contributed by atoms with Crippen LogP contribution in [0.5, 0.6) is 0 Å². The Kier molecular flexibility index (Phi) is 10.6. The highest BCUT2D eigenvalue weighted by molar-refractivity contribution is 9.10. The lowest BCUT2D eigenvalue weighted by Gasteiger charge is -2.29. The first kappa shape index (κ1) is 27.9. The second-order valence-corrected chi connectivity index (χ2v) is 11.6. The predicted octanol–water partition coefficient (Wildman–Crippen LogP) is 4.18. The number of benzene rings is 2. The highest BCUT2D eigenvalue weighted by atomic mass is 79.9. The molecule has 9 heteroatoms. The van der Waals surface area contributed by atoms with Crippen molar-refractivity contribution in [2.24, 2.45) is 5.92 Å². The van der Waals surface area contributed by atoms with Crippen molar-refractivity contribution in [2.45, 2.75) is 46.2 Å². The summed E-state index contributed by atoms with van der Waals surface area (Å²) < 4.78 is 26.8. The summed E-state index contributed by atoms with van der Waals surface area (Å²) >= 11 is 3.45. The van der Waals surface area contributed by atoms with Crippen molar-refractivity contribution in [3.63, 3.8) is 0 Å². The molecule has 2 rings (SSSR count). The zero-order valence-corrected chi connectivity index (χ0v) is 22.6. The number of anilines is 1. The molecule has 0 saturated carbocycles. The summed E-state index contributed by atoms with van der Waals surface area (Å²) in [4.78, 5) is 27.6. The van der Waals surface area contributed by atoms with Gasteiger partial charge in [0.1, 0.15) is 6.04 Å². The molecule has 7 nitrogen and oxygen atoms in total. The highest BCUT2D eigenvalue weighted by Gasteiger charge is 2.26. The minimum atomic E-state index is -3.50. The molecule has 0 aliphatic rings. The van der Waals surface area contributed by atoms with E-state index < -0.39 is 16.1 Å². The Morgan fingerprint density at radius 2 is 1.71 bits per heavy atom. The second-order valence-electron chi connectivity index (χ2n) is 8.74. The van der Waals surface area contributed by atoms with E-state index in [-0.39, 0.29) is 31.3 Å². The van der Waals surface area contributed by atoms with Crippen molar-refractivity contribution < 1.29 is 18.0 Å². The molecule has 0 fully saturated rings. The number of carbonyl (C=O) groups excluding carboxylic acids is 2. The molecular formula is C25H34BrN3O4S. The fourth-order valence-corrected chi connectivity index (χ4v) is 4.88. The van der Waals surface area contributed by atoms with Crippen LogP contribution in [0.25, 0.3) is 0 Å². The van der Waals surface area contributed by atoms with Crippen molar-refractivity contribution in [1.82, 2.24) is 10.2 Å². The average molecular weight is 553 g/mol. The molecular weight excluding hydrogens is 518 g/mol. The molecule has 34 heavy (non-hydrogen) atoms. The number of hydrogen-bond donors (Lipinski definition) is 1. The zero-order valence-electron chi connectivity index (χ0n) is 20.2. The number of nitrogens with one attached hydrogen (secondary N) is 1. The van der Waals surface area contributed by atoms with Gasteiger partial charge in [0, 0.05) is 30.5 Å². The lowest BCUT2D eigenvalue weighted by molar-refractivity contribution is -0.140. The van der Waals surface area contributed by atoms with Crippen LogP contribution in [0.15, 0.2) is 59.1 Å². The number of rotatable bonds is 12. The summed E-state index contributed by atoms with van der Waals surface area (Å²) in [5.74, 6) is -0.113. The number of halogens is 1. The minimum absolute atomic E-state index is 0.120. The molecule has 0 heterocycles. The first-order valence-electron chi connectivity index (χ1n) is 11.3. The molecule has 2 aromatic carbocycles. The molecule has 0 saturated heterocycles. The number of sulfonamides is 1. The van der Waals surface area contributed by atoms with E-state index in [1.54, 1.807) is 36.1 Å². The largest absolute Gasteiger partial charge is 0.354 e. The van der Waals surface area contributed by atoms with E-state index >= 15 is 0 Å². The first-order chi connectivity index (χ1) is 16.0. The van der Waals surface area contributed by atoms with Gasteiger partial charge in [0.2, 0.25) is 21.8 Å². The monoisotopic (exact) mass is 551 g/mol. The van der Waals surface area contributed by atoms with Gasteiger partial charge in [-0.2, -0.15) is 0 Å². The summed E-state index contributed by atoms with van der Waals surface area (Å²) in [5, 5.41) is 2.90. The number of hydrogen-bond acceptors (Lipinski definition) is 4. The second kappa shape index (κ2) is 12.9. The van der Waals surface area contributed by atoms with Crippen LogP contribution in [-0.2, 0) is 26.2 Å². The van der Waals surface area contributed by atoms with Crippen LogP contribution < -0.4 is 9.62 Å². The van der Waals surface area contributed by atoms with Gasteiger partial charge in [-0.05, 0) is 49.1 Å². The summed E-state index contributed by atoms with van der Waals surface area (Å²) in [6.45, 7) is 6.72. The predicted molar refractivity (Wildman–Crippen MR) is 140 cm³/mol. The number of amides is 2. The maximum Gasteiger partial charge on any atom is 0.242 e. The molecule has 0 bridgehead atoms. The Labute approximate surface area is 211 Å². The zero-order chi connectivity index (χ0) is 25.3. The van der Waals surface area contributed by atoms with Gasteiger partial charge in [-0.15, -0.1) is 0 Å². The lowest BCUT2D eigenvalue weighted by Crippen LogP contribution is -2.48. The van der Waals surface area contributed by atoms with Crippen LogP contribution in [0.4, 0.5) is 5.69 Å². The molecule has 186 valence electrons. The average Bonchev–Trinajstić information content (AvgIpc) is 2.77. The standard InChI is InChI=1S/C25H34BrN3O4S/c1-19(2)17-27-25(31)20(3)28(18-21-10-8-11-22(26)16-21)24(30)14-9-15-29(34(4,32)33)23-12-6-5-7-13-23/h5-8,10-13,16,19-20H,9,14-15,17-18H2,1-4H3,(H,27,31)/t20-/m1/s1. The van der Waals surface area contributed by atoms with Crippen molar-refractivity contribution in [2.75, 3.05) is 23.7 Å². The summed E-state index contributed by atoms with van der Waals surface area (Å²) in [5.41, 5.74) is 1.46. The van der Waals surface area contributed by atoms with E-state index in [0.29, 0.717) is 24.6 Å². The maximum atomic E-state index is 13.3. The quantitative estimate of drug-likeness (QED) is 0.428. The Morgan fingerprint density at radius 1 is 1.03 bits per heavy atom. The molecule has 0 aliphatic heterocycles. The number of nitrogens with zero attached hydrogens (tertiary/aromatic N) is 2. The molecule has 0 aliphatic carbocycles. The van der Waals surface area contributed by atoms with E-state index in [4.69, 9.17) is 0 Å². The SMILES string of the molecule is CC(C)CNC(=O)[C@@H](C)N(Cc1cccc(Br)c1)C(=O)CCCN(c1ccccc1)S(C)(=O)=O. The molecule has 0 unspecified atom stereocenters. The van der Waals surface area contributed by atoms with Crippen molar-refractivity contribution in [1.29, 1.82) is 0 Å². The van der Waals surface area contributed by atoms with Crippen LogP contribution in [0.2, 0.25) is 0 Å². The molecule has 1 N–H and O–H groups in total. The van der Waals surface area contributed by atoms with Crippen LogP contribution >= 0.6 is 15.9 Å². The lowest BCUT2D eigenvalue weighted by atomic mass is 10.1. The van der Waals surface area contributed by atoms with Gasteiger partial charge >= 0.3 is 0 Å². The van der Waals surface area contributed by atoms with Crippen molar-refractivity contribution in [3.8, 4) is 0 Å². The summed E-state index contributed by atoms with van der Waals surface area (Å²) in [6, 6.07) is 15.8. The van der Waals surface area contributed by atoms with Gasteiger partial charge in [0.25, 0.3) is 0 Å². The molecule has 1 atom stereocenters. The van der Waals surface area contributed by atoms with Gasteiger partial charge < -0.3 is 10.2 Å². The fraction of sp³-hybridized carbons (Fsp3) is 0.440. The molecule has 0 radical (unpaired) electrons. The van der Waals surface area contributed by atoms with Crippen LogP contribution in [-0.4, -0.2) is 50.5 Å². The van der Waals surface area contributed by atoms with E-state index in [9.17, 15) is 18.0 Å². The topological polar surface area (TPSA) is 86.8 Å². The molecule has 0 spiro atoms. The van der Waals surface area contributed by atoms with Crippen molar-refractivity contribution in [3.05, 3.63) is 64.6 Å². The first-order valence-corrected chi connectivity index (χ1v) is 14.0. The minimum Gasteiger partial charge on any atom is -0.354 e. The Hall–Kier alpha value is -2.39. The third kappa shape index (κ3) is 8.76.